The minimum Gasteiger partial charge on any atom is -0.424 e. The van der Waals surface area contributed by atoms with Crippen LogP contribution in [-0.2, 0) is 16.0 Å². The van der Waals surface area contributed by atoms with E-state index in [1.54, 1.807) is 31.2 Å². The molecule has 1 unspecified atom stereocenters. The number of fused-ring (bicyclic) bond motifs is 1. The Morgan fingerprint density at radius 3 is 2.88 bits per heavy atom. The predicted molar refractivity (Wildman–Crippen MR) is 92.3 cm³/mol. The molecular formula is C19H22O5. The van der Waals surface area contributed by atoms with E-state index in [0.29, 0.717) is 24.4 Å². The fourth-order valence-corrected chi connectivity index (χ4v) is 2.35. The van der Waals surface area contributed by atoms with Crippen molar-refractivity contribution in [2.75, 3.05) is 6.61 Å². The lowest BCUT2D eigenvalue weighted by Gasteiger charge is -2.12. The molecule has 0 aliphatic rings. The average Bonchev–Trinajstić information content (AvgIpc) is 2.54. The second kappa shape index (κ2) is 8.45. The van der Waals surface area contributed by atoms with Crippen molar-refractivity contribution in [1.29, 1.82) is 0 Å². The Morgan fingerprint density at radius 2 is 2.17 bits per heavy atom. The number of hydrogen-bond donors (Lipinski definition) is 0. The molecule has 1 heterocycles. The number of rotatable bonds is 8. The van der Waals surface area contributed by atoms with Gasteiger partial charge >= 0.3 is 11.6 Å². The molecule has 128 valence electrons. The molecule has 24 heavy (non-hydrogen) atoms. The summed E-state index contributed by atoms with van der Waals surface area (Å²) in [7, 11) is 0. The van der Waals surface area contributed by atoms with Crippen LogP contribution < -0.4 is 10.4 Å². The van der Waals surface area contributed by atoms with Crippen molar-refractivity contribution in [3.8, 4) is 5.75 Å². The quantitative estimate of drug-likeness (QED) is 0.243. The molecule has 0 fully saturated rings. The smallest absolute Gasteiger partial charge is 0.340 e. The number of carbonyl (C=O) groups is 1. The van der Waals surface area contributed by atoms with Crippen molar-refractivity contribution >= 4 is 16.9 Å². The number of aryl methyl sites for hydroxylation is 1. The van der Waals surface area contributed by atoms with Gasteiger partial charge in [0, 0.05) is 17.5 Å². The van der Waals surface area contributed by atoms with Crippen LogP contribution in [0.25, 0.3) is 11.0 Å². The van der Waals surface area contributed by atoms with Crippen LogP contribution in [0.15, 0.2) is 46.1 Å². The van der Waals surface area contributed by atoms with Crippen LogP contribution >= 0.6 is 0 Å². The zero-order valence-electron chi connectivity index (χ0n) is 14.0. The first kappa shape index (κ1) is 17.9. The Labute approximate surface area is 140 Å². The van der Waals surface area contributed by atoms with Gasteiger partial charge in [-0.15, -0.1) is 6.58 Å². The summed E-state index contributed by atoms with van der Waals surface area (Å²) in [5, 5.41) is 0.853. The van der Waals surface area contributed by atoms with Gasteiger partial charge in [0.2, 0.25) is 0 Å². The fourth-order valence-electron chi connectivity index (χ4n) is 2.35. The molecule has 0 aliphatic heterocycles. The van der Waals surface area contributed by atoms with E-state index in [9.17, 15) is 9.59 Å². The highest BCUT2D eigenvalue weighted by molar-refractivity contribution is 5.83. The zero-order valence-corrected chi connectivity index (χ0v) is 14.0. The third kappa shape index (κ3) is 4.55. The SMILES string of the molecule is C=CCCOC(C)C(=O)Oc1ccc2c(CCC)cc(=O)oc2c1. The van der Waals surface area contributed by atoms with E-state index in [-0.39, 0.29) is 0 Å². The molecule has 1 atom stereocenters. The number of carbonyl (C=O) groups excluding carboxylic acids is 1. The van der Waals surface area contributed by atoms with Crippen molar-refractivity contribution < 1.29 is 18.7 Å². The van der Waals surface area contributed by atoms with Crippen molar-refractivity contribution in [1.82, 2.24) is 0 Å². The summed E-state index contributed by atoms with van der Waals surface area (Å²) < 4.78 is 15.9. The van der Waals surface area contributed by atoms with Crippen LogP contribution in [0.3, 0.4) is 0 Å². The Balaban J connectivity index is 2.17. The molecule has 0 N–H and O–H groups in total. The third-order valence-corrected chi connectivity index (χ3v) is 3.56. The van der Waals surface area contributed by atoms with E-state index < -0.39 is 17.7 Å². The molecule has 1 aromatic carbocycles. The first-order chi connectivity index (χ1) is 11.5. The van der Waals surface area contributed by atoms with Crippen molar-refractivity contribution in [2.24, 2.45) is 0 Å². The van der Waals surface area contributed by atoms with Gasteiger partial charge in [-0.05, 0) is 37.5 Å². The van der Waals surface area contributed by atoms with E-state index in [4.69, 9.17) is 13.9 Å². The van der Waals surface area contributed by atoms with Crippen LogP contribution in [0, 0.1) is 0 Å². The molecule has 0 saturated carbocycles. The van der Waals surface area contributed by atoms with Crippen LogP contribution in [0.4, 0.5) is 0 Å². The summed E-state index contributed by atoms with van der Waals surface area (Å²) >= 11 is 0. The van der Waals surface area contributed by atoms with Gasteiger partial charge in [-0.3, -0.25) is 0 Å². The lowest BCUT2D eigenvalue weighted by molar-refractivity contribution is -0.146. The van der Waals surface area contributed by atoms with E-state index in [2.05, 4.69) is 6.58 Å². The van der Waals surface area contributed by atoms with Crippen molar-refractivity contribution in [3.63, 3.8) is 0 Å². The summed E-state index contributed by atoms with van der Waals surface area (Å²) in [4.78, 5) is 23.7. The molecule has 0 aliphatic carbocycles. The van der Waals surface area contributed by atoms with E-state index >= 15 is 0 Å². The van der Waals surface area contributed by atoms with Gasteiger partial charge in [0.25, 0.3) is 0 Å². The molecule has 0 saturated heterocycles. The molecule has 0 spiro atoms. The van der Waals surface area contributed by atoms with Gasteiger partial charge in [-0.2, -0.15) is 0 Å². The normalized spacial score (nSPS) is 12.1. The molecular weight excluding hydrogens is 308 g/mol. The molecule has 0 bridgehead atoms. The lowest BCUT2D eigenvalue weighted by atomic mass is 10.1. The van der Waals surface area contributed by atoms with Crippen molar-refractivity contribution in [3.05, 3.63) is 52.9 Å². The Hall–Kier alpha value is -2.40. The summed E-state index contributed by atoms with van der Waals surface area (Å²) in [6.07, 6.45) is 3.42. The van der Waals surface area contributed by atoms with Crippen molar-refractivity contribution in [2.45, 2.75) is 39.2 Å². The summed E-state index contributed by atoms with van der Waals surface area (Å²) in [5.41, 5.74) is 0.940. The van der Waals surface area contributed by atoms with E-state index in [1.165, 1.54) is 6.07 Å². The van der Waals surface area contributed by atoms with Gasteiger partial charge in [0.15, 0.2) is 6.10 Å². The van der Waals surface area contributed by atoms with Gasteiger partial charge in [-0.1, -0.05) is 19.4 Å². The standard InChI is InChI=1S/C19H22O5/c1-4-6-10-22-13(3)19(21)23-15-8-9-16-14(7-5-2)11-18(20)24-17(16)12-15/h4,8-9,11-13H,1,5-7,10H2,2-3H3. The number of ether oxygens (including phenoxy) is 2. The largest absolute Gasteiger partial charge is 0.424 e. The number of benzene rings is 1. The maximum absolute atomic E-state index is 12.0. The molecule has 2 aromatic rings. The lowest BCUT2D eigenvalue weighted by Crippen LogP contribution is -2.26. The minimum absolute atomic E-state index is 0.323. The maximum atomic E-state index is 12.0. The summed E-state index contributed by atoms with van der Waals surface area (Å²) in [6.45, 7) is 7.68. The zero-order chi connectivity index (χ0) is 17.5. The summed E-state index contributed by atoms with van der Waals surface area (Å²) in [6, 6.07) is 6.56. The second-order valence-electron chi connectivity index (χ2n) is 5.51. The molecule has 0 radical (unpaired) electrons. The Kier molecular flexibility index (Phi) is 6.32. The predicted octanol–water partition coefficient (Wildman–Crippen LogP) is 3.63. The highest BCUT2D eigenvalue weighted by atomic mass is 16.6. The van der Waals surface area contributed by atoms with E-state index in [0.717, 1.165) is 23.8 Å². The van der Waals surface area contributed by atoms with Gasteiger partial charge in [-0.25, -0.2) is 9.59 Å². The third-order valence-electron chi connectivity index (χ3n) is 3.56. The Morgan fingerprint density at radius 1 is 1.38 bits per heavy atom. The molecule has 5 nitrogen and oxygen atoms in total. The van der Waals surface area contributed by atoms with Crippen LogP contribution in [0.1, 0.15) is 32.3 Å². The second-order valence-corrected chi connectivity index (χ2v) is 5.51. The monoisotopic (exact) mass is 330 g/mol. The molecule has 2 rings (SSSR count). The first-order valence-corrected chi connectivity index (χ1v) is 8.06. The van der Waals surface area contributed by atoms with Crippen LogP contribution in [-0.4, -0.2) is 18.7 Å². The van der Waals surface area contributed by atoms with Crippen LogP contribution in [0.5, 0.6) is 5.75 Å². The van der Waals surface area contributed by atoms with E-state index in [1.807, 2.05) is 6.92 Å². The maximum Gasteiger partial charge on any atom is 0.340 e. The topological polar surface area (TPSA) is 65.7 Å². The highest BCUT2D eigenvalue weighted by Crippen LogP contribution is 2.24. The number of esters is 1. The molecule has 1 aromatic heterocycles. The fraction of sp³-hybridized carbons (Fsp3) is 0.368. The Bertz CT molecular complexity index is 775. The van der Waals surface area contributed by atoms with Gasteiger partial charge < -0.3 is 13.9 Å². The minimum atomic E-state index is -0.681. The highest BCUT2D eigenvalue weighted by Gasteiger charge is 2.16. The molecule has 5 heteroatoms. The average molecular weight is 330 g/mol. The van der Waals surface area contributed by atoms with Gasteiger partial charge in [0.05, 0.1) is 6.61 Å². The first-order valence-electron chi connectivity index (χ1n) is 8.06. The van der Waals surface area contributed by atoms with Crippen LogP contribution in [0.2, 0.25) is 0 Å². The van der Waals surface area contributed by atoms with Gasteiger partial charge in [0.1, 0.15) is 11.3 Å². The molecule has 0 amide bonds. The summed E-state index contributed by atoms with van der Waals surface area (Å²) in [5.74, 6) is -0.172. The number of hydrogen-bond acceptors (Lipinski definition) is 5.